The fourth-order valence-electron chi connectivity index (χ4n) is 1.16. The van der Waals surface area contributed by atoms with Crippen LogP contribution in [-0.4, -0.2) is 20.9 Å². The van der Waals surface area contributed by atoms with Crippen LogP contribution in [0.5, 0.6) is 0 Å². The minimum Gasteiger partial charge on any atom is -0.481 e. The molecule has 0 bridgehead atoms. The van der Waals surface area contributed by atoms with E-state index in [2.05, 4.69) is 5.10 Å². The zero-order chi connectivity index (χ0) is 10.0. The third-order valence-corrected chi connectivity index (χ3v) is 2.26. The molecule has 4 nitrogen and oxygen atoms in total. The lowest BCUT2D eigenvalue weighted by molar-refractivity contribution is -0.136. The number of aliphatic carboxylic acids is 1. The first-order valence-electron chi connectivity index (χ1n) is 3.98. The van der Waals surface area contributed by atoms with E-state index in [1.165, 1.54) is 4.68 Å². The minimum atomic E-state index is -0.896. The highest BCUT2D eigenvalue weighted by Gasteiger charge is 2.14. The Labute approximate surface area is 81.1 Å². The highest BCUT2D eigenvalue weighted by atomic mass is 35.5. The molecule has 1 heterocycles. The maximum Gasteiger partial charge on any atom is 0.309 e. The second-order valence-electron chi connectivity index (χ2n) is 2.76. The molecule has 0 aliphatic rings. The summed E-state index contributed by atoms with van der Waals surface area (Å²) >= 11 is 5.93. The van der Waals surface area contributed by atoms with Gasteiger partial charge >= 0.3 is 5.97 Å². The molecule has 72 valence electrons. The predicted molar refractivity (Wildman–Crippen MR) is 48.9 cm³/mol. The molecule has 1 rings (SSSR count). The monoisotopic (exact) mass is 202 g/mol. The molecule has 0 atom stereocenters. The lowest BCUT2D eigenvalue weighted by Gasteiger charge is -1.97. The number of aryl methyl sites for hydroxylation is 2. The van der Waals surface area contributed by atoms with E-state index in [-0.39, 0.29) is 6.42 Å². The highest BCUT2D eigenvalue weighted by molar-refractivity contribution is 6.32. The first-order valence-corrected chi connectivity index (χ1v) is 4.36. The van der Waals surface area contributed by atoms with Gasteiger partial charge in [-0.2, -0.15) is 5.10 Å². The van der Waals surface area contributed by atoms with Gasteiger partial charge in [-0.25, -0.2) is 0 Å². The van der Waals surface area contributed by atoms with Crippen LogP contribution >= 0.6 is 11.6 Å². The van der Waals surface area contributed by atoms with Crippen LogP contribution in [0.2, 0.25) is 5.02 Å². The van der Waals surface area contributed by atoms with Crippen LogP contribution in [-0.2, 0) is 24.7 Å². The van der Waals surface area contributed by atoms with Crippen molar-refractivity contribution in [1.29, 1.82) is 0 Å². The molecule has 0 amide bonds. The van der Waals surface area contributed by atoms with Crippen LogP contribution in [0.15, 0.2) is 0 Å². The average molecular weight is 203 g/mol. The van der Waals surface area contributed by atoms with Crippen LogP contribution in [0.3, 0.4) is 0 Å². The van der Waals surface area contributed by atoms with Crippen molar-refractivity contribution in [2.75, 3.05) is 0 Å². The first kappa shape index (κ1) is 10.1. The van der Waals surface area contributed by atoms with Crippen molar-refractivity contribution < 1.29 is 9.90 Å². The van der Waals surface area contributed by atoms with Crippen molar-refractivity contribution in [3.8, 4) is 0 Å². The van der Waals surface area contributed by atoms with Gasteiger partial charge in [0.1, 0.15) is 0 Å². The molecule has 0 aromatic carbocycles. The van der Waals surface area contributed by atoms with E-state index in [0.29, 0.717) is 17.1 Å². The molecular formula is C8H11ClN2O2. The molecule has 0 aliphatic heterocycles. The lowest BCUT2D eigenvalue weighted by atomic mass is 10.2. The quantitative estimate of drug-likeness (QED) is 0.803. The summed E-state index contributed by atoms with van der Waals surface area (Å²) in [5.74, 6) is -0.896. The van der Waals surface area contributed by atoms with Crippen molar-refractivity contribution in [2.45, 2.75) is 19.8 Å². The Morgan fingerprint density at radius 3 is 2.69 bits per heavy atom. The van der Waals surface area contributed by atoms with Gasteiger partial charge in [0.05, 0.1) is 22.8 Å². The van der Waals surface area contributed by atoms with Crippen molar-refractivity contribution in [3.63, 3.8) is 0 Å². The molecule has 1 aromatic rings. The number of hydrogen-bond donors (Lipinski definition) is 1. The van der Waals surface area contributed by atoms with E-state index in [0.717, 1.165) is 5.69 Å². The number of halogens is 1. The average Bonchev–Trinajstić information content (AvgIpc) is 2.31. The van der Waals surface area contributed by atoms with Gasteiger partial charge in [0.25, 0.3) is 0 Å². The molecule has 0 radical (unpaired) electrons. The van der Waals surface area contributed by atoms with Crippen LogP contribution in [0, 0.1) is 0 Å². The number of aromatic nitrogens is 2. The highest BCUT2D eigenvalue weighted by Crippen LogP contribution is 2.20. The molecule has 0 fully saturated rings. The maximum absolute atomic E-state index is 10.5. The molecule has 0 saturated carbocycles. The van der Waals surface area contributed by atoms with Gasteiger partial charge < -0.3 is 5.11 Å². The largest absolute Gasteiger partial charge is 0.481 e. The molecular weight excluding hydrogens is 192 g/mol. The van der Waals surface area contributed by atoms with Crippen LogP contribution in [0.4, 0.5) is 0 Å². The van der Waals surface area contributed by atoms with Crippen molar-refractivity contribution >= 4 is 17.6 Å². The van der Waals surface area contributed by atoms with Crippen LogP contribution in [0.1, 0.15) is 18.3 Å². The van der Waals surface area contributed by atoms with Gasteiger partial charge in [0.15, 0.2) is 0 Å². The van der Waals surface area contributed by atoms with Gasteiger partial charge in [0, 0.05) is 7.05 Å². The van der Waals surface area contributed by atoms with Crippen LogP contribution < -0.4 is 0 Å². The Morgan fingerprint density at radius 1 is 1.69 bits per heavy atom. The van der Waals surface area contributed by atoms with E-state index < -0.39 is 5.97 Å². The van der Waals surface area contributed by atoms with Gasteiger partial charge in [-0.1, -0.05) is 18.5 Å². The maximum atomic E-state index is 10.5. The third-order valence-electron chi connectivity index (χ3n) is 1.82. The van der Waals surface area contributed by atoms with Gasteiger partial charge in [-0.15, -0.1) is 0 Å². The summed E-state index contributed by atoms with van der Waals surface area (Å²) in [6, 6.07) is 0. The SMILES string of the molecule is CCc1nn(C)c(CC(=O)O)c1Cl. The number of carboxylic acids is 1. The Kier molecular flexibility index (Phi) is 2.93. The summed E-state index contributed by atoms with van der Waals surface area (Å²) in [7, 11) is 1.70. The Balaban J connectivity index is 3.05. The standard InChI is InChI=1S/C8H11ClN2O2/c1-3-5-8(9)6(4-7(12)13)11(2)10-5/h3-4H2,1-2H3,(H,12,13). The number of carboxylic acid groups (broad SMARTS) is 1. The van der Waals surface area contributed by atoms with Gasteiger partial charge in [-0.3, -0.25) is 9.48 Å². The van der Waals surface area contributed by atoms with Gasteiger partial charge in [-0.05, 0) is 6.42 Å². The normalized spacial score (nSPS) is 10.4. The number of hydrogen-bond acceptors (Lipinski definition) is 2. The summed E-state index contributed by atoms with van der Waals surface area (Å²) < 4.78 is 1.52. The zero-order valence-corrected chi connectivity index (χ0v) is 8.30. The Bertz CT molecular complexity index is 333. The molecule has 0 spiro atoms. The second kappa shape index (κ2) is 3.79. The predicted octanol–water partition coefficient (Wildman–Crippen LogP) is 1.26. The topological polar surface area (TPSA) is 55.1 Å². The summed E-state index contributed by atoms with van der Waals surface area (Å²) in [5, 5.41) is 13.2. The first-order chi connectivity index (χ1) is 6.06. The molecule has 0 saturated heterocycles. The van der Waals surface area contributed by atoms with Crippen molar-refractivity contribution in [3.05, 3.63) is 16.4 Å². The minimum absolute atomic E-state index is 0.0810. The third kappa shape index (κ3) is 2.01. The summed E-state index contributed by atoms with van der Waals surface area (Å²) in [4.78, 5) is 10.5. The van der Waals surface area contributed by atoms with Gasteiger partial charge in [0.2, 0.25) is 0 Å². The van der Waals surface area contributed by atoms with E-state index in [9.17, 15) is 4.79 Å². The fourth-order valence-corrected chi connectivity index (χ4v) is 1.52. The fraction of sp³-hybridized carbons (Fsp3) is 0.500. The molecule has 13 heavy (non-hydrogen) atoms. The van der Waals surface area contributed by atoms with E-state index >= 15 is 0 Å². The van der Waals surface area contributed by atoms with E-state index in [1.807, 2.05) is 6.92 Å². The Hall–Kier alpha value is -1.03. The molecule has 5 heteroatoms. The molecule has 0 unspecified atom stereocenters. The number of nitrogens with zero attached hydrogens (tertiary/aromatic N) is 2. The number of rotatable bonds is 3. The second-order valence-corrected chi connectivity index (χ2v) is 3.13. The number of carbonyl (C=O) groups is 1. The summed E-state index contributed by atoms with van der Waals surface area (Å²) in [5.41, 5.74) is 1.31. The molecule has 1 N–H and O–H groups in total. The molecule has 1 aromatic heterocycles. The zero-order valence-electron chi connectivity index (χ0n) is 7.54. The summed E-state index contributed by atoms with van der Waals surface area (Å²) in [6.07, 6.45) is 0.634. The molecule has 0 aliphatic carbocycles. The summed E-state index contributed by atoms with van der Waals surface area (Å²) in [6.45, 7) is 1.93. The Morgan fingerprint density at radius 2 is 2.31 bits per heavy atom. The van der Waals surface area contributed by atoms with Crippen LogP contribution in [0.25, 0.3) is 0 Å². The van der Waals surface area contributed by atoms with E-state index in [4.69, 9.17) is 16.7 Å². The smallest absolute Gasteiger partial charge is 0.309 e. The van der Waals surface area contributed by atoms with Crippen molar-refractivity contribution in [2.24, 2.45) is 7.05 Å². The lowest BCUT2D eigenvalue weighted by Crippen LogP contribution is -2.06. The van der Waals surface area contributed by atoms with E-state index in [1.54, 1.807) is 7.05 Å². The van der Waals surface area contributed by atoms with Crippen molar-refractivity contribution in [1.82, 2.24) is 9.78 Å².